The predicted octanol–water partition coefficient (Wildman–Crippen LogP) is 3.40. The Morgan fingerprint density at radius 3 is 2.21 bits per heavy atom. The van der Waals surface area contributed by atoms with E-state index >= 15 is 0 Å². The molecule has 2 N–H and O–H groups in total. The zero-order chi connectivity index (χ0) is 13.9. The first-order chi connectivity index (χ1) is 9.00. The Morgan fingerprint density at radius 1 is 1.05 bits per heavy atom. The topological polar surface area (TPSA) is 32.3 Å². The number of benzene rings is 1. The summed E-state index contributed by atoms with van der Waals surface area (Å²) in [5, 5.41) is 13.9. The lowest BCUT2D eigenvalue weighted by atomic mass is 9.85. The normalized spacial score (nSPS) is 18.5. The lowest BCUT2D eigenvalue weighted by Crippen LogP contribution is -2.42. The first kappa shape index (κ1) is 14.5. The predicted molar refractivity (Wildman–Crippen MR) is 80.4 cm³/mol. The van der Waals surface area contributed by atoms with Gasteiger partial charge < -0.3 is 10.4 Å². The molecule has 0 heterocycles. The van der Waals surface area contributed by atoms with E-state index in [1.807, 2.05) is 0 Å². The quantitative estimate of drug-likeness (QED) is 0.870. The molecule has 1 aliphatic carbocycles. The number of nitrogens with one attached hydrogen (secondary N) is 1. The Hall–Kier alpha value is -0.860. The van der Waals surface area contributed by atoms with Gasteiger partial charge in [-0.15, -0.1) is 0 Å². The molecule has 1 aliphatic rings. The summed E-state index contributed by atoms with van der Waals surface area (Å²) in [5.74, 6) is 0. The number of hydrogen-bond acceptors (Lipinski definition) is 2. The van der Waals surface area contributed by atoms with Crippen LogP contribution in [0.4, 0.5) is 0 Å². The highest BCUT2D eigenvalue weighted by Crippen LogP contribution is 2.27. The smallest absolute Gasteiger partial charge is 0.0771 e. The largest absolute Gasteiger partial charge is 0.389 e. The van der Waals surface area contributed by atoms with Crippen LogP contribution in [0.25, 0.3) is 0 Å². The minimum atomic E-state index is -0.468. The van der Waals surface area contributed by atoms with Gasteiger partial charge in [-0.25, -0.2) is 0 Å². The molecule has 0 radical (unpaired) electrons. The molecule has 1 saturated carbocycles. The van der Waals surface area contributed by atoms with Gasteiger partial charge in [-0.05, 0) is 50.3 Å². The van der Waals surface area contributed by atoms with Crippen LogP contribution in [-0.2, 0) is 6.54 Å². The molecule has 2 heteroatoms. The maximum absolute atomic E-state index is 10.5. The summed E-state index contributed by atoms with van der Waals surface area (Å²) in [6.07, 6.45) is 5.51. The summed E-state index contributed by atoms with van der Waals surface area (Å²) >= 11 is 0. The molecule has 1 aromatic carbocycles. The first-order valence-electron chi connectivity index (χ1n) is 7.50. The average Bonchev–Trinajstić information content (AvgIpc) is 2.33. The van der Waals surface area contributed by atoms with Crippen molar-refractivity contribution in [2.24, 2.45) is 0 Å². The highest BCUT2D eigenvalue weighted by molar-refractivity contribution is 5.37. The van der Waals surface area contributed by atoms with E-state index in [0.717, 1.165) is 25.9 Å². The molecule has 0 atom stereocenters. The van der Waals surface area contributed by atoms with Gasteiger partial charge in [0, 0.05) is 13.1 Å². The number of rotatable bonds is 4. The highest BCUT2D eigenvalue weighted by Gasteiger charge is 2.28. The lowest BCUT2D eigenvalue weighted by Gasteiger charge is -2.32. The molecule has 0 bridgehead atoms. The van der Waals surface area contributed by atoms with Gasteiger partial charge in [0.2, 0.25) is 0 Å². The molecule has 2 rings (SSSR count). The molecule has 19 heavy (non-hydrogen) atoms. The first-order valence-corrected chi connectivity index (χ1v) is 7.50. The van der Waals surface area contributed by atoms with Crippen molar-refractivity contribution in [2.45, 2.75) is 65.0 Å². The standard InChI is InChI=1S/C17H27NO/c1-13-9-14(2)16(15(3)10-13)11-18-12-17(19)7-5-4-6-8-17/h9-10,18-19H,4-8,11-12H2,1-3H3. The van der Waals surface area contributed by atoms with E-state index in [9.17, 15) is 5.11 Å². The molecule has 0 spiro atoms. The highest BCUT2D eigenvalue weighted by atomic mass is 16.3. The minimum Gasteiger partial charge on any atom is -0.389 e. The Morgan fingerprint density at radius 2 is 1.63 bits per heavy atom. The molecular formula is C17H27NO. The summed E-state index contributed by atoms with van der Waals surface area (Å²) in [5.41, 5.74) is 4.93. The molecule has 1 fully saturated rings. The third-order valence-corrected chi connectivity index (χ3v) is 4.38. The van der Waals surface area contributed by atoms with E-state index in [0.29, 0.717) is 0 Å². The van der Waals surface area contributed by atoms with Crippen LogP contribution in [0, 0.1) is 20.8 Å². The van der Waals surface area contributed by atoms with Crippen LogP contribution in [0.15, 0.2) is 12.1 Å². The summed E-state index contributed by atoms with van der Waals surface area (Å²) in [6.45, 7) is 8.07. The van der Waals surface area contributed by atoms with Crippen LogP contribution in [-0.4, -0.2) is 17.3 Å². The van der Waals surface area contributed by atoms with E-state index in [1.54, 1.807) is 0 Å². The van der Waals surface area contributed by atoms with E-state index in [-0.39, 0.29) is 0 Å². The van der Waals surface area contributed by atoms with Crippen LogP contribution in [0.2, 0.25) is 0 Å². The third-order valence-electron chi connectivity index (χ3n) is 4.38. The third kappa shape index (κ3) is 3.80. The molecular weight excluding hydrogens is 234 g/mol. The van der Waals surface area contributed by atoms with E-state index in [1.165, 1.54) is 41.5 Å². The minimum absolute atomic E-state index is 0.468. The molecule has 0 unspecified atom stereocenters. The molecule has 1 aromatic rings. The summed E-state index contributed by atoms with van der Waals surface area (Å²) in [6, 6.07) is 4.47. The van der Waals surface area contributed by atoms with Gasteiger partial charge >= 0.3 is 0 Å². The van der Waals surface area contributed by atoms with Crippen LogP contribution in [0.3, 0.4) is 0 Å². The van der Waals surface area contributed by atoms with Crippen molar-refractivity contribution in [1.29, 1.82) is 0 Å². The van der Waals surface area contributed by atoms with Crippen LogP contribution in [0.5, 0.6) is 0 Å². The summed E-state index contributed by atoms with van der Waals surface area (Å²) in [4.78, 5) is 0. The Labute approximate surface area is 117 Å². The van der Waals surface area contributed by atoms with E-state index in [4.69, 9.17) is 0 Å². The monoisotopic (exact) mass is 261 g/mol. The van der Waals surface area contributed by atoms with Crippen molar-refractivity contribution < 1.29 is 5.11 Å². The van der Waals surface area contributed by atoms with Crippen molar-refractivity contribution in [3.63, 3.8) is 0 Å². The van der Waals surface area contributed by atoms with Gasteiger partial charge in [-0.2, -0.15) is 0 Å². The lowest BCUT2D eigenvalue weighted by molar-refractivity contribution is 0.00465. The second kappa shape index (κ2) is 6.06. The van der Waals surface area contributed by atoms with Crippen LogP contribution >= 0.6 is 0 Å². The number of hydrogen-bond donors (Lipinski definition) is 2. The Kier molecular flexibility index (Phi) is 4.64. The fourth-order valence-electron chi connectivity index (χ4n) is 3.30. The molecule has 2 nitrogen and oxygen atoms in total. The van der Waals surface area contributed by atoms with Crippen molar-refractivity contribution >= 4 is 0 Å². The molecule has 0 aromatic heterocycles. The zero-order valence-electron chi connectivity index (χ0n) is 12.6. The van der Waals surface area contributed by atoms with E-state index < -0.39 is 5.60 Å². The maximum atomic E-state index is 10.5. The molecule has 106 valence electrons. The molecule has 0 saturated heterocycles. The number of aliphatic hydroxyl groups is 1. The van der Waals surface area contributed by atoms with Gasteiger partial charge in [-0.3, -0.25) is 0 Å². The summed E-state index contributed by atoms with van der Waals surface area (Å²) in [7, 11) is 0. The van der Waals surface area contributed by atoms with Gasteiger partial charge in [-0.1, -0.05) is 37.0 Å². The van der Waals surface area contributed by atoms with Gasteiger partial charge in [0.25, 0.3) is 0 Å². The second-order valence-corrected chi connectivity index (χ2v) is 6.27. The zero-order valence-corrected chi connectivity index (χ0v) is 12.6. The average molecular weight is 261 g/mol. The van der Waals surface area contributed by atoms with Crippen molar-refractivity contribution in [3.8, 4) is 0 Å². The van der Waals surface area contributed by atoms with Crippen molar-refractivity contribution in [2.75, 3.05) is 6.54 Å². The fraction of sp³-hybridized carbons (Fsp3) is 0.647. The Bertz CT molecular complexity index is 410. The van der Waals surface area contributed by atoms with Crippen LogP contribution in [0.1, 0.15) is 54.4 Å². The maximum Gasteiger partial charge on any atom is 0.0771 e. The van der Waals surface area contributed by atoms with Gasteiger partial charge in [0.15, 0.2) is 0 Å². The van der Waals surface area contributed by atoms with Crippen molar-refractivity contribution in [1.82, 2.24) is 5.32 Å². The van der Waals surface area contributed by atoms with Crippen LogP contribution < -0.4 is 5.32 Å². The number of aryl methyl sites for hydroxylation is 3. The molecule has 0 aliphatic heterocycles. The summed E-state index contributed by atoms with van der Waals surface area (Å²) < 4.78 is 0. The second-order valence-electron chi connectivity index (χ2n) is 6.27. The van der Waals surface area contributed by atoms with Crippen molar-refractivity contribution in [3.05, 3.63) is 34.4 Å². The SMILES string of the molecule is Cc1cc(C)c(CNCC2(O)CCCCC2)c(C)c1. The van der Waals surface area contributed by atoms with Gasteiger partial charge in [0.1, 0.15) is 0 Å². The fourth-order valence-corrected chi connectivity index (χ4v) is 3.30. The van der Waals surface area contributed by atoms with E-state index in [2.05, 4.69) is 38.2 Å². The molecule has 0 amide bonds. The Balaban J connectivity index is 1.92. The van der Waals surface area contributed by atoms with Gasteiger partial charge in [0.05, 0.1) is 5.60 Å².